The highest BCUT2D eigenvalue weighted by Gasteiger charge is 2.08. The maximum Gasteiger partial charge on any atom is 0.159 e. The van der Waals surface area contributed by atoms with Gasteiger partial charge in [0.1, 0.15) is 5.82 Å². The lowest BCUT2D eigenvalue weighted by Gasteiger charge is -2.09. The maximum atomic E-state index is 13.2. The molecule has 0 aliphatic heterocycles. The van der Waals surface area contributed by atoms with Crippen molar-refractivity contribution in [3.63, 3.8) is 0 Å². The van der Waals surface area contributed by atoms with Crippen molar-refractivity contribution in [2.45, 2.75) is 33.7 Å². The number of nitrogens with one attached hydrogen (secondary N) is 1. The molecule has 3 nitrogen and oxygen atoms in total. The van der Waals surface area contributed by atoms with Crippen LogP contribution in [0.1, 0.15) is 30.3 Å². The Morgan fingerprint density at radius 3 is 2.65 bits per heavy atom. The van der Waals surface area contributed by atoms with E-state index in [1.807, 2.05) is 19.9 Å². The average molecular weight is 273 g/mol. The highest BCUT2D eigenvalue weighted by atomic mass is 19.1. The molecule has 0 bridgehead atoms. The third-order valence-corrected chi connectivity index (χ3v) is 3.07. The zero-order valence-corrected chi connectivity index (χ0v) is 12.2. The van der Waals surface area contributed by atoms with E-state index in [4.69, 9.17) is 0 Å². The molecular formula is C16H20FN3. The summed E-state index contributed by atoms with van der Waals surface area (Å²) < 4.78 is 13.2. The quantitative estimate of drug-likeness (QED) is 0.848. The molecular weight excluding hydrogens is 253 g/mol. The van der Waals surface area contributed by atoms with Crippen LogP contribution in [0.4, 0.5) is 4.39 Å². The summed E-state index contributed by atoms with van der Waals surface area (Å²) in [7, 11) is 0. The van der Waals surface area contributed by atoms with Crippen molar-refractivity contribution in [2.24, 2.45) is 0 Å². The van der Waals surface area contributed by atoms with E-state index in [1.165, 1.54) is 12.1 Å². The first-order valence-electron chi connectivity index (χ1n) is 6.92. The minimum Gasteiger partial charge on any atom is -0.311 e. The Balaban J connectivity index is 2.31. The van der Waals surface area contributed by atoms with Crippen LogP contribution in [0.2, 0.25) is 0 Å². The Kier molecular flexibility index (Phi) is 4.79. The summed E-state index contributed by atoms with van der Waals surface area (Å²) in [5.41, 5.74) is 3.62. The van der Waals surface area contributed by atoms with Gasteiger partial charge in [-0.05, 0) is 56.6 Å². The first kappa shape index (κ1) is 14.6. The predicted molar refractivity (Wildman–Crippen MR) is 78.9 cm³/mol. The largest absolute Gasteiger partial charge is 0.311 e. The van der Waals surface area contributed by atoms with Crippen LogP contribution in [0, 0.1) is 19.7 Å². The molecule has 0 aliphatic rings. The van der Waals surface area contributed by atoms with Crippen molar-refractivity contribution in [1.82, 2.24) is 15.3 Å². The van der Waals surface area contributed by atoms with Crippen LogP contribution in [0.3, 0.4) is 0 Å². The molecule has 0 atom stereocenters. The number of benzene rings is 1. The number of aryl methyl sites for hydroxylation is 2. The van der Waals surface area contributed by atoms with Gasteiger partial charge in [0.05, 0.1) is 5.69 Å². The van der Waals surface area contributed by atoms with E-state index >= 15 is 0 Å². The van der Waals surface area contributed by atoms with Crippen LogP contribution in [-0.4, -0.2) is 16.5 Å². The van der Waals surface area contributed by atoms with Gasteiger partial charge in [0.2, 0.25) is 0 Å². The van der Waals surface area contributed by atoms with Crippen molar-refractivity contribution < 1.29 is 4.39 Å². The molecule has 0 unspecified atom stereocenters. The summed E-state index contributed by atoms with van der Waals surface area (Å²) in [6, 6.07) is 6.67. The molecule has 2 rings (SSSR count). The molecule has 0 aliphatic carbocycles. The van der Waals surface area contributed by atoms with Gasteiger partial charge in [-0.1, -0.05) is 6.92 Å². The summed E-state index contributed by atoms with van der Waals surface area (Å²) in [6.07, 6.45) is 1.09. The lowest BCUT2D eigenvalue weighted by Crippen LogP contribution is -2.15. The van der Waals surface area contributed by atoms with E-state index < -0.39 is 0 Å². The summed E-state index contributed by atoms with van der Waals surface area (Å²) in [5.74, 6) is 0.430. The van der Waals surface area contributed by atoms with Crippen molar-refractivity contribution in [1.29, 1.82) is 0 Å². The minimum atomic E-state index is -0.233. The third-order valence-electron chi connectivity index (χ3n) is 3.07. The van der Waals surface area contributed by atoms with Gasteiger partial charge in [0.25, 0.3) is 0 Å². The smallest absolute Gasteiger partial charge is 0.159 e. The Morgan fingerprint density at radius 1 is 1.15 bits per heavy atom. The van der Waals surface area contributed by atoms with Crippen LogP contribution in [0.15, 0.2) is 24.3 Å². The third kappa shape index (κ3) is 3.61. The highest BCUT2D eigenvalue weighted by molar-refractivity contribution is 5.60. The molecule has 4 heteroatoms. The number of halogens is 1. The lowest BCUT2D eigenvalue weighted by atomic mass is 10.1. The zero-order valence-electron chi connectivity index (χ0n) is 12.2. The van der Waals surface area contributed by atoms with Crippen LogP contribution in [-0.2, 0) is 6.54 Å². The second kappa shape index (κ2) is 6.57. The summed E-state index contributed by atoms with van der Waals surface area (Å²) in [6.45, 7) is 7.65. The second-order valence-electron chi connectivity index (χ2n) is 4.96. The monoisotopic (exact) mass is 273 g/mol. The van der Waals surface area contributed by atoms with E-state index in [1.54, 1.807) is 6.07 Å². The molecule has 2 aromatic rings. The Morgan fingerprint density at radius 2 is 1.95 bits per heavy atom. The number of hydrogen-bond donors (Lipinski definition) is 1. The summed E-state index contributed by atoms with van der Waals surface area (Å²) in [4.78, 5) is 9.03. The van der Waals surface area contributed by atoms with Gasteiger partial charge in [-0.3, -0.25) is 0 Å². The standard InChI is InChI=1S/C16H20FN3/c1-4-7-18-10-14-9-12(3)19-16(20-14)15-6-5-13(17)8-11(15)2/h5-6,8-9,18H,4,7,10H2,1-3H3. The average Bonchev–Trinajstić information content (AvgIpc) is 2.38. The fraction of sp³-hybridized carbons (Fsp3) is 0.375. The fourth-order valence-corrected chi connectivity index (χ4v) is 2.12. The number of aromatic nitrogens is 2. The van der Waals surface area contributed by atoms with Crippen molar-refractivity contribution >= 4 is 0 Å². The van der Waals surface area contributed by atoms with Crippen molar-refractivity contribution in [3.8, 4) is 11.4 Å². The topological polar surface area (TPSA) is 37.8 Å². The first-order chi connectivity index (χ1) is 9.60. The van der Waals surface area contributed by atoms with Gasteiger partial charge >= 0.3 is 0 Å². The molecule has 1 aromatic heterocycles. The minimum absolute atomic E-state index is 0.233. The second-order valence-corrected chi connectivity index (χ2v) is 4.96. The molecule has 0 saturated heterocycles. The lowest BCUT2D eigenvalue weighted by molar-refractivity contribution is 0.627. The zero-order chi connectivity index (χ0) is 14.5. The van der Waals surface area contributed by atoms with E-state index in [2.05, 4.69) is 22.2 Å². The SMILES string of the molecule is CCCNCc1cc(C)nc(-c2ccc(F)cc2C)n1. The Bertz CT molecular complexity index is 596. The summed E-state index contributed by atoms with van der Waals surface area (Å²) >= 11 is 0. The van der Waals surface area contributed by atoms with Crippen LogP contribution in [0.25, 0.3) is 11.4 Å². The van der Waals surface area contributed by atoms with Crippen LogP contribution in [0.5, 0.6) is 0 Å². The molecule has 1 N–H and O–H groups in total. The molecule has 0 saturated carbocycles. The molecule has 106 valence electrons. The molecule has 1 aromatic carbocycles. The van der Waals surface area contributed by atoms with Crippen molar-refractivity contribution in [3.05, 3.63) is 47.0 Å². The van der Waals surface area contributed by atoms with E-state index in [-0.39, 0.29) is 5.82 Å². The first-order valence-corrected chi connectivity index (χ1v) is 6.92. The van der Waals surface area contributed by atoms with Gasteiger partial charge in [-0.2, -0.15) is 0 Å². The number of nitrogens with zero attached hydrogens (tertiary/aromatic N) is 2. The van der Waals surface area contributed by atoms with E-state index in [0.717, 1.165) is 42.0 Å². The van der Waals surface area contributed by atoms with Crippen LogP contribution >= 0.6 is 0 Å². The maximum absolute atomic E-state index is 13.2. The van der Waals surface area contributed by atoms with Gasteiger partial charge in [0, 0.05) is 17.8 Å². The Hall–Kier alpha value is -1.81. The highest BCUT2D eigenvalue weighted by Crippen LogP contribution is 2.21. The van der Waals surface area contributed by atoms with Gasteiger partial charge in [-0.15, -0.1) is 0 Å². The molecule has 20 heavy (non-hydrogen) atoms. The summed E-state index contributed by atoms with van der Waals surface area (Å²) in [5, 5.41) is 3.33. The van der Waals surface area contributed by atoms with E-state index in [9.17, 15) is 4.39 Å². The molecule has 0 spiro atoms. The van der Waals surface area contributed by atoms with Gasteiger partial charge in [0.15, 0.2) is 5.82 Å². The van der Waals surface area contributed by atoms with Crippen LogP contribution < -0.4 is 5.32 Å². The number of rotatable bonds is 5. The molecule has 0 amide bonds. The molecule has 0 radical (unpaired) electrons. The molecule has 1 heterocycles. The number of hydrogen-bond acceptors (Lipinski definition) is 3. The fourth-order valence-electron chi connectivity index (χ4n) is 2.12. The Labute approximate surface area is 119 Å². The van der Waals surface area contributed by atoms with Gasteiger partial charge in [-0.25, -0.2) is 14.4 Å². The molecule has 0 fully saturated rings. The normalized spacial score (nSPS) is 10.8. The van der Waals surface area contributed by atoms with Crippen molar-refractivity contribution in [2.75, 3.05) is 6.54 Å². The van der Waals surface area contributed by atoms with Gasteiger partial charge < -0.3 is 5.32 Å². The van der Waals surface area contributed by atoms with E-state index in [0.29, 0.717) is 5.82 Å². The predicted octanol–water partition coefficient (Wildman–Crippen LogP) is 3.40.